The fraction of sp³-hybridized carbons (Fsp3) is 0.312. The minimum atomic E-state index is -0.527. The highest BCUT2D eigenvalue weighted by atomic mass is 32.1. The topological polar surface area (TPSA) is 101 Å². The van der Waals surface area contributed by atoms with Crippen LogP contribution in [0, 0.1) is 0 Å². The largest absolute Gasteiger partial charge is 0.467 e. The van der Waals surface area contributed by atoms with Crippen LogP contribution in [0.25, 0.3) is 10.7 Å². The van der Waals surface area contributed by atoms with Gasteiger partial charge in [0, 0.05) is 12.8 Å². The number of aromatic nitrogens is 2. The molecular formula is C16H17N3O4S. The van der Waals surface area contributed by atoms with Crippen molar-refractivity contribution < 1.29 is 18.8 Å². The first-order chi connectivity index (χ1) is 11.8. The molecule has 3 rings (SSSR count). The van der Waals surface area contributed by atoms with Gasteiger partial charge in [0.15, 0.2) is 0 Å². The number of hydrogen-bond donors (Lipinski definition) is 2. The lowest BCUT2D eigenvalue weighted by atomic mass is 10.2. The number of nitrogens with one attached hydrogen (secondary N) is 1. The van der Waals surface area contributed by atoms with E-state index in [-0.39, 0.29) is 12.5 Å². The Morgan fingerprint density at radius 1 is 1.38 bits per heavy atom. The summed E-state index contributed by atoms with van der Waals surface area (Å²) in [4.78, 5) is 17.2. The fourth-order valence-corrected chi connectivity index (χ4v) is 2.87. The molecule has 0 aromatic carbocycles. The summed E-state index contributed by atoms with van der Waals surface area (Å²) in [5.74, 6) is 1.45. The van der Waals surface area contributed by atoms with E-state index in [0.29, 0.717) is 36.7 Å². The van der Waals surface area contributed by atoms with Crippen molar-refractivity contribution in [1.29, 1.82) is 0 Å². The van der Waals surface area contributed by atoms with Crippen LogP contribution in [0.2, 0.25) is 0 Å². The molecule has 3 aromatic heterocycles. The molecule has 3 heterocycles. The average molecular weight is 347 g/mol. The van der Waals surface area contributed by atoms with Gasteiger partial charge in [-0.1, -0.05) is 11.2 Å². The Bertz CT molecular complexity index is 752. The monoisotopic (exact) mass is 347 g/mol. The number of rotatable bonds is 8. The molecule has 126 valence electrons. The van der Waals surface area contributed by atoms with Crippen molar-refractivity contribution in [3.8, 4) is 10.7 Å². The highest BCUT2D eigenvalue weighted by molar-refractivity contribution is 7.13. The van der Waals surface area contributed by atoms with E-state index in [1.54, 1.807) is 23.5 Å². The number of nitrogens with zero attached hydrogens (tertiary/aromatic N) is 2. The normalized spacial score (nSPS) is 12.2. The van der Waals surface area contributed by atoms with Crippen molar-refractivity contribution in [3.63, 3.8) is 0 Å². The smallest absolute Gasteiger partial charge is 0.226 e. The summed E-state index contributed by atoms with van der Waals surface area (Å²) in [6.07, 6.45) is 2.91. The van der Waals surface area contributed by atoms with Gasteiger partial charge >= 0.3 is 0 Å². The molecule has 0 saturated carbocycles. The number of aryl methyl sites for hydroxylation is 1. The summed E-state index contributed by atoms with van der Waals surface area (Å²) in [7, 11) is 0. The Balaban J connectivity index is 1.45. The van der Waals surface area contributed by atoms with Crippen LogP contribution >= 0.6 is 11.3 Å². The summed E-state index contributed by atoms with van der Waals surface area (Å²) < 4.78 is 10.4. The molecule has 3 aromatic rings. The van der Waals surface area contributed by atoms with Crippen LogP contribution in [0.15, 0.2) is 44.8 Å². The number of aliphatic hydroxyl groups excluding tert-OH is 1. The van der Waals surface area contributed by atoms with Gasteiger partial charge in [-0.3, -0.25) is 4.79 Å². The lowest BCUT2D eigenvalue weighted by Crippen LogP contribution is -2.30. The van der Waals surface area contributed by atoms with Crippen LogP contribution in [-0.4, -0.2) is 27.8 Å². The molecule has 1 amide bonds. The van der Waals surface area contributed by atoms with E-state index in [0.717, 1.165) is 4.88 Å². The van der Waals surface area contributed by atoms with Crippen molar-refractivity contribution in [2.75, 3.05) is 6.61 Å². The van der Waals surface area contributed by atoms with Crippen molar-refractivity contribution in [1.82, 2.24) is 15.5 Å². The third-order valence-corrected chi connectivity index (χ3v) is 4.27. The maximum atomic E-state index is 12.0. The average Bonchev–Trinajstić information content (AvgIpc) is 3.33. The molecule has 0 bridgehead atoms. The van der Waals surface area contributed by atoms with Crippen molar-refractivity contribution in [2.45, 2.75) is 25.3 Å². The second kappa shape index (κ2) is 7.89. The van der Waals surface area contributed by atoms with Crippen LogP contribution in [0.1, 0.15) is 30.5 Å². The van der Waals surface area contributed by atoms with Crippen molar-refractivity contribution in [3.05, 3.63) is 47.6 Å². The van der Waals surface area contributed by atoms with Crippen LogP contribution in [0.4, 0.5) is 0 Å². The SMILES string of the molecule is O=C(CCCc1nc(-c2cccs2)no1)NC(CO)c1ccco1. The van der Waals surface area contributed by atoms with E-state index < -0.39 is 6.04 Å². The van der Waals surface area contributed by atoms with Crippen LogP contribution in [0.5, 0.6) is 0 Å². The third kappa shape index (κ3) is 4.09. The number of hydrogen-bond acceptors (Lipinski definition) is 7. The molecule has 0 aliphatic carbocycles. The first-order valence-electron chi connectivity index (χ1n) is 7.56. The van der Waals surface area contributed by atoms with Gasteiger partial charge in [0.1, 0.15) is 11.8 Å². The van der Waals surface area contributed by atoms with Crippen LogP contribution in [-0.2, 0) is 11.2 Å². The number of carbonyl (C=O) groups excluding carboxylic acids is 1. The quantitative estimate of drug-likeness (QED) is 0.649. The van der Waals surface area contributed by atoms with Crippen LogP contribution in [0.3, 0.4) is 0 Å². The fourth-order valence-electron chi connectivity index (χ4n) is 2.23. The van der Waals surface area contributed by atoms with Gasteiger partial charge in [-0.15, -0.1) is 11.3 Å². The van der Waals surface area contributed by atoms with Crippen molar-refractivity contribution >= 4 is 17.2 Å². The standard InChI is InChI=1S/C16H17N3O4S/c20-10-11(12-4-2-8-22-12)17-14(21)6-1-7-15-18-16(19-23-15)13-5-3-9-24-13/h2-5,8-9,11,20H,1,6-7,10H2,(H,17,21). The second-order valence-corrected chi connectivity index (χ2v) is 6.11. The molecule has 24 heavy (non-hydrogen) atoms. The Hall–Kier alpha value is -2.45. The highest BCUT2D eigenvalue weighted by Crippen LogP contribution is 2.21. The molecule has 0 aliphatic heterocycles. The predicted octanol–water partition coefficient (Wildman–Crippen LogP) is 2.56. The molecule has 1 unspecified atom stereocenters. The molecule has 2 N–H and O–H groups in total. The molecule has 1 atom stereocenters. The van der Waals surface area contributed by atoms with Gasteiger partial charge in [0.25, 0.3) is 0 Å². The van der Waals surface area contributed by atoms with E-state index in [1.165, 1.54) is 6.26 Å². The summed E-state index contributed by atoms with van der Waals surface area (Å²) in [5, 5.41) is 18.0. The maximum absolute atomic E-state index is 12.0. The van der Waals surface area contributed by atoms with E-state index in [9.17, 15) is 9.90 Å². The third-order valence-electron chi connectivity index (χ3n) is 3.41. The zero-order valence-electron chi connectivity index (χ0n) is 12.8. The lowest BCUT2D eigenvalue weighted by molar-refractivity contribution is -0.122. The Morgan fingerprint density at radius 3 is 3.00 bits per heavy atom. The number of thiophene rings is 1. The van der Waals surface area contributed by atoms with Gasteiger partial charge < -0.3 is 19.4 Å². The summed E-state index contributed by atoms with van der Waals surface area (Å²) in [6.45, 7) is -0.215. The Kier molecular flexibility index (Phi) is 5.39. The first kappa shape index (κ1) is 16.4. The number of carbonyl (C=O) groups is 1. The van der Waals surface area contributed by atoms with E-state index in [1.807, 2.05) is 17.5 Å². The molecule has 0 saturated heterocycles. The Labute approximate surface area is 142 Å². The zero-order valence-corrected chi connectivity index (χ0v) is 13.7. The summed E-state index contributed by atoms with van der Waals surface area (Å²) in [6, 6.07) is 6.76. The summed E-state index contributed by atoms with van der Waals surface area (Å²) >= 11 is 1.54. The highest BCUT2D eigenvalue weighted by Gasteiger charge is 2.16. The molecule has 8 heteroatoms. The maximum Gasteiger partial charge on any atom is 0.226 e. The van der Waals surface area contributed by atoms with Crippen molar-refractivity contribution in [2.24, 2.45) is 0 Å². The zero-order chi connectivity index (χ0) is 16.8. The summed E-state index contributed by atoms with van der Waals surface area (Å²) in [5.41, 5.74) is 0. The number of aliphatic hydroxyl groups is 1. The predicted molar refractivity (Wildman–Crippen MR) is 87.2 cm³/mol. The molecule has 0 spiro atoms. The molecule has 0 fully saturated rings. The molecule has 0 aliphatic rings. The number of amides is 1. The minimum Gasteiger partial charge on any atom is -0.467 e. The van der Waals surface area contributed by atoms with E-state index in [4.69, 9.17) is 8.94 Å². The van der Waals surface area contributed by atoms with E-state index in [2.05, 4.69) is 15.5 Å². The first-order valence-corrected chi connectivity index (χ1v) is 8.44. The Morgan fingerprint density at radius 2 is 2.29 bits per heavy atom. The van der Waals surface area contributed by atoms with Crippen LogP contribution < -0.4 is 5.32 Å². The molecular weight excluding hydrogens is 330 g/mol. The minimum absolute atomic E-state index is 0.163. The van der Waals surface area contributed by atoms with Gasteiger partial charge in [0.2, 0.25) is 17.6 Å². The molecule has 7 nitrogen and oxygen atoms in total. The van der Waals surface area contributed by atoms with Gasteiger partial charge in [0.05, 0.1) is 17.7 Å². The number of furan rings is 1. The van der Waals surface area contributed by atoms with Gasteiger partial charge in [-0.25, -0.2) is 0 Å². The molecule has 0 radical (unpaired) electrons. The lowest BCUT2D eigenvalue weighted by Gasteiger charge is -2.13. The van der Waals surface area contributed by atoms with Gasteiger partial charge in [-0.2, -0.15) is 4.98 Å². The second-order valence-electron chi connectivity index (χ2n) is 5.16. The van der Waals surface area contributed by atoms with E-state index >= 15 is 0 Å². The van der Waals surface area contributed by atoms with Gasteiger partial charge in [-0.05, 0) is 30.0 Å².